The monoisotopic (exact) mass is 468 g/mol. The molecule has 0 amide bonds. The molecule has 5 rings (SSSR count). The van der Waals surface area contributed by atoms with Crippen molar-refractivity contribution in [2.24, 2.45) is 0 Å². The predicted molar refractivity (Wildman–Crippen MR) is 118 cm³/mol. The van der Waals surface area contributed by atoms with E-state index in [0.717, 1.165) is 36.6 Å². The van der Waals surface area contributed by atoms with E-state index in [2.05, 4.69) is 9.88 Å². The van der Waals surface area contributed by atoms with Gasteiger partial charge >= 0.3 is 11.8 Å². The third-order valence-electron chi connectivity index (χ3n) is 6.25. The lowest BCUT2D eigenvalue weighted by atomic mass is 10.0. The van der Waals surface area contributed by atoms with Crippen LogP contribution in [0.5, 0.6) is 6.01 Å². The summed E-state index contributed by atoms with van der Waals surface area (Å²) in [5.41, 5.74) is 1.64. The first-order valence-electron chi connectivity index (χ1n) is 10.4. The Morgan fingerprint density at radius 2 is 1.97 bits per heavy atom. The fourth-order valence-corrected chi connectivity index (χ4v) is 4.67. The molecule has 0 spiro atoms. The second kappa shape index (κ2) is 8.14. The van der Waals surface area contributed by atoms with E-state index >= 15 is 0 Å². The highest BCUT2D eigenvalue weighted by atomic mass is 32.1. The largest absolute Gasteiger partial charge is 0.436 e. The minimum Gasteiger partial charge on any atom is -0.436 e. The molecule has 1 atom stereocenters. The molecular formula is C20H26F2N6O3S. The van der Waals surface area contributed by atoms with Gasteiger partial charge in [0.2, 0.25) is 0 Å². The summed E-state index contributed by atoms with van der Waals surface area (Å²) in [5, 5.41) is 10.9. The standard InChI is InChI=1S/C20H24F2N6O3.H2S/c1-19(13-27-11-17(28(29)30)24-18(27)31-19)12-25-7-4-15-14(10-25)2-3-16(23-15)26-8-5-20(21,22)6-9-26;/h2-3,11H,4-10,12-13H2,1H3;1H2/t19-;/m0./s1. The van der Waals surface area contributed by atoms with Crippen molar-refractivity contribution in [3.05, 3.63) is 39.7 Å². The summed E-state index contributed by atoms with van der Waals surface area (Å²) in [7, 11) is 0. The van der Waals surface area contributed by atoms with Gasteiger partial charge in [-0.15, -0.1) is 0 Å². The molecule has 0 aliphatic carbocycles. The van der Waals surface area contributed by atoms with E-state index in [-0.39, 0.29) is 38.2 Å². The van der Waals surface area contributed by atoms with Crippen molar-refractivity contribution in [1.82, 2.24) is 19.4 Å². The number of aromatic nitrogens is 3. The summed E-state index contributed by atoms with van der Waals surface area (Å²) in [6.45, 7) is 5.33. The molecule has 0 bridgehead atoms. The van der Waals surface area contributed by atoms with E-state index in [1.807, 2.05) is 24.0 Å². The Kier molecular flexibility index (Phi) is 5.78. The first kappa shape index (κ1) is 22.7. The molecule has 3 aliphatic heterocycles. The topological polar surface area (TPSA) is 89.6 Å². The molecule has 5 heterocycles. The molecule has 12 heteroatoms. The summed E-state index contributed by atoms with van der Waals surface area (Å²) in [6, 6.07) is 4.25. The Morgan fingerprint density at radius 1 is 1.22 bits per heavy atom. The van der Waals surface area contributed by atoms with Gasteiger partial charge in [-0.2, -0.15) is 13.5 Å². The molecular weight excluding hydrogens is 442 g/mol. The number of anilines is 1. The molecule has 174 valence electrons. The summed E-state index contributed by atoms with van der Waals surface area (Å²) in [6.07, 6.45) is 1.94. The number of rotatable bonds is 4. The maximum atomic E-state index is 13.4. The summed E-state index contributed by atoms with van der Waals surface area (Å²) < 4.78 is 34.5. The Labute approximate surface area is 191 Å². The molecule has 2 aromatic heterocycles. The lowest BCUT2D eigenvalue weighted by molar-refractivity contribution is -0.389. The van der Waals surface area contributed by atoms with Gasteiger partial charge < -0.3 is 19.8 Å². The summed E-state index contributed by atoms with van der Waals surface area (Å²) in [4.78, 5) is 23.3. The van der Waals surface area contributed by atoms with Gasteiger partial charge in [-0.1, -0.05) is 6.07 Å². The number of hydrogen-bond acceptors (Lipinski definition) is 7. The number of piperidine rings is 1. The fourth-order valence-electron chi connectivity index (χ4n) is 4.67. The van der Waals surface area contributed by atoms with E-state index in [4.69, 9.17) is 9.72 Å². The molecule has 1 saturated heterocycles. The van der Waals surface area contributed by atoms with Gasteiger partial charge in [0, 0.05) is 62.7 Å². The lowest BCUT2D eigenvalue weighted by Gasteiger charge is -2.35. The number of fused-ring (bicyclic) bond motifs is 2. The van der Waals surface area contributed by atoms with E-state index in [1.165, 1.54) is 6.20 Å². The van der Waals surface area contributed by atoms with E-state index in [0.29, 0.717) is 26.2 Å². The second-order valence-corrected chi connectivity index (χ2v) is 8.90. The van der Waals surface area contributed by atoms with Gasteiger partial charge in [-0.25, -0.2) is 13.8 Å². The highest BCUT2D eigenvalue weighted by Crippen LogP contribution is 2.33. The normalized spacial score (nSPS) is 24.3. The van der Waals surface area contributed by atoms with Crippen LogP contribution in [0.2, 0.25) is 0 Å². The van der Waals surface area contributed by atoms with Crippen molar-refractivity contribution >= 4 is 25.1 Å². The van der Waals surface area contributed by atoms with Crippen molar-refractivity contribution in [3.63, 3.8) is 0 Å². The van der Waals surface area contributed by atoms with E-state index < -0.39 is 16.4 Å². The third kappa shape index (κ3) is 4.38. The smallest absolute Gasteiger partial charge is 0.415 e. The summed E-state index contributed by atoms with van der Waals surface area (Å²) in [5.74, 6) is -1.99. The number of nitrogens with zero attached hydrogens (tertiary/aromatic N) is 6. The van der Waals surface area contributed by atoms with Crippen LogP contribution in [0.15, 0.2) is 18.3 Å². The second-order valence-electron chi connectivity index (χ2n) is 8.90. The maximum Gasteiger partial charge on any atom is 0.415 e. The average Bonchev–Trinajstić information content (AvgIpc) is 3.22. The zero-order chi connectivity index (χ0) is 21.8. The SMILES string of the molecule is C[C@]1(CN2CCc3nc(N4CCC(F)(F)CC4)ccc3C2)Cn2cc([N+](=O)[O-])nc2O1.S. The molecule has 0 aromatic carbocycles. The van der Waals surface area contributed by atoms with Gasteiger partial charge in [0.15, 0.2) is 0 Å². The van der Waals surface area contributed by atoms with Crippen molar-refractivity contribution in [3.8, 4) is 6.01 Å². The Hall–Kier alpha value is -2.47. The quantitative estimate of drug-likeness (QED) is 0.504. The third-order valence-corrected chi connectivity index (χ3v) is 6.25. The van der Waals surface area contributed by atoms with E-state index in [1.54, 1.807) is 4.57 Å². The zero-order valence-electron chi connectivity index (χ0n) is 17.8. The highest BCUT2D eigenvalue weighted by molar-refractivity contribution is 7.59. The van der Waals surface area contributed by atoms with Gasteiger partial charge in [0.1, 0.15) is 17.6 Å². The number of imidazole rings is 1. The first-order valence-corrected chi connectivity index (χ1v) is 10.4. The van der Waals surface area contributed by atoms with Crippen molar-refractivity contribution in [1.29, 1.82) is 0 Å². The van der Waals surface area contributed by atoms with E-state index in [9.17, 15) is 18.9 Å². The number of nitro groups is 1. The van der Waals surface area contributed by atoms with Crippen LogP contribution in [-0.4, -0.2) is 62.1 Å². The number of ether oxygens (including phenoxy) is 1. The van der Waals surface area contributed by atoms with Gasteiger partial charge in [0.25, 0.3) is 5.92 Å². The van der Waals surface area contributed by atoms with Crippen LogP contribution in [0.4, 0.5) is 20.4 Å². The minimum atomic E-state index is -2.56. The van der Waals surface area contributed by atoms with Crippen LogP contribution in [0.3, 0.4) is 0 Å². The van der Waals surface area contributed by atoms with Gasteiger partial charge in [0.05, 0.1) is 6.54 Å². The molecule has 2 aromatic rings. The minimum absolute atomic E-state index is 0. The molecule has 9 nitrogen and oxygen atoms in total. The van der Waals surface area contributed by atoms with Crippen LogP contribution in [-0.2, 0) is 19.5 Å². The molecule has 1 fully saturated rings. The first-order chi connectivity index (χ1) is 14.7. The molecule has 32 heavy (non-hydrogen) atoms. The molecule has 0 N–H and O–H groups in total. The van der Waals surface area contributed by atoms with Gasteiger partial charge in [-0.3, -0.25) is 9.47 Å². The van der Waals surface area contributed by atoms with Gasteiger partial charge in [-0.05, 0) is 23.5 Å². The van der Waals surface area contributed by atoms with Crippen molar-refractivity contribution in [2.45, 2.75) is 50.8 Å². The maximum absolute atomic E-state index is 13.4. The molecule has 0 radical (unpaired) electrons. The number of alkyl halides is 2. The van der Waals surface area contributed by atoms with Crippen LogP contribution in [0.1, 0.15) is 31.0 Å². The highest BCUT2D eigenvalue weighted by Gasteiger charge is 2.42. The zero-order valence-corrected chi connectivity index (χ0v) is 18.8. The number of pyridine rings is 1. The lowest BCUT2D eigenvalue weighted by Crippen LogP contribution is -2.46. The summed E-state index contributed by atoms with van der Waals surface area (Å²) >= 11 is 0. The van der Waals surface area contributed by atoms with Crippen molar-refractivity contribution in [2.75, 3.05) is 31.1 Å². The Morgan fingerprint density at radius 3 is 2.66 bits per heavy atom. The molecule has 0 saturated carbocycles. The molecule has 0 unspecified atom stereocenters. The van der Waals surface area contributed by atoms with Crippen LogP contribution < -0.4 is 9.64 Å². The average molecular weight is 469 g/mol. The Bertz CT molecular complexity index is 999. The van der Waals surface area contributed by atoms with Crippen molar-refractivity contribution < 1.29 is 18.4 Å². The fraction of sp³-hybridized carbons (Fsp3) is 0.600. The predicted octanol–water partition coefficient (Wildman–Crippen LogP) is 2.74. The number of halogens is 2. The molecule has 3 aliphatic rings. The van der Waals surface area contributed by atoms with Crippen LogP contribution >= 0.6 is 13.5 Å². The van der Waals surface area contributed by atoms with Crippen LogP contribution in [0, 0.1) is 10.1 Å². The van der Waals surface area contributed by atoms with Crippen LogP contribution in [0.25, 0.3) is 0 Å². The number of hydrogen-bond donors (Lipinski definition) is 0. The Balaban J connectivity index is 0.00000245.